The molecule has 3 aromatic rings. The van der Waals surface area contributed by atoms with E-state index in [-0.39, 0.29) is 36.5 Å². The first-order chi connectivity index (χ1) is 15.6. The molecule has 1 aromatic heterocycles. The number of nitrogens with zero attached hydrogens (tertiary/aromatic N) is 3. The average molecular weight is 449 g/mol. The van der Waals surface area contributed by atoms with E-state index in [2.05, 4.69) is 10.3 Å². The smallest absolute Gasteiger partial charge is 0.322 e. The summed E-state index contributed by atoms with van der Waals surface area (Å²) in [6.07, 6.45) is 3.17. The molecule has 0 aliphatic carbocycles. The van der Waals surface area contributed by atoms with E-state index >= 15 is 0 Å². The summed E-state index contributed by atoms with van der Waals surface area (Å²) >= 11 is 6.20. The zero-order valence-electron chi connectivity index (χ0n) is 17.1. The Morgan fingerprint density at radius 1 is 1.06 bits per heavy atom. The summed E-state index contributed by atoms with van der Waals surface area (Å²) in [5, 5.41) is 13.4. The molecule has 7 nitrogen and oxygen atoms in total. The Kier molecular flexibility index (Phi) is 5.28. The maximum absolute atomic E-state index is 13.3. The van der Waals surface area contributed by atoms with Crippen molar-refractivity contribution in [1.29, 1.82) is 0 Å². The molecule has 2 aliphatic rings. The number of benzene rings is 2. The van der Waals surface area contributed by atoms with Crippen LogP contribution in [0.25, 0.3) is 0 Å². The summed E-state index contributed by atoms with van der Waals surface area (Å²) in [7, 11) is 0. The van der Waals surface area contributed by atoms with Crippen LogP contribution >= 0.6 is 11.6 Å². The van der Waals surface area contributed by atoms with Gasteiger partial charge in [-0.25, -0.2) is 4.79 Å². The van der Waals surface area contributed by atoms with Gasteiger partial charge in [0.25, 0.3) is 5.91 Å². The van der Waals surface area contributed by atoms with E-state index in [1.54, 1.807) is 58.6 Å². The largest absolute Gasteiger partial charge is 0.394 e. The Morgan fingerprint density at radius 2 is 1.78 bits per heavy atom. The number of para-hydroxylation sites is 2. The molecule has 2 aliphatic heterocycles. The molecule has 2 aromatic carbocycles. The number of urea groups is 1. The molecule has 0 saturated carbocycles. The zero-order valence-corrected chi connectivity index (χ0v) is 17.8. The van der Waals surface area contributed by atoms with Gasteiger partial charge in [-0.15, -0.1) is 0 Å². The fourth-order valence-corrected chi connectivity index (χ4v) is 4.93. The second-order valence-electron chi connectivity index (χ2n) is 7.87. The van der Waals surface area contributed by atoms with Gasteiger partial charge in [-0.2, -0.15) is 0 Å². The summed E-state index contributed by atoms with van der Waals surface area (Å²) in [4.78, 5) is 33.8. The van der Waals surface area contributed by atoms with Gasteiger partial charge in [0, 0.05) is 36.1 Å². The minimum absolute atomic E-state index is 0.0605. The first-order valence-corrected chi connectivity index (χ1v) is 10.7. The topological polar surface area (TPSA) is 85.8 Å². The summed E-state index contributed by atoms with van der Waals surface area (Å²) in [5.41, 5.74) is 2.78. The molecular formula is C24H21ClN4O3. The van der Waals surface area contributed by atoms with Crippen molar-refractivity contribution in [2.75, 3.05) is 23.4 Å². The van der Waals surface area contributed by atoms with Crippen molar-refractivity contribution in [1.82, 2.24) is 9.88 Å². The van der Waals surface area contributed by atoms with E-state index in [0.29, 0.717) is 22.8 Å². The van der Waals surface area contributed by atoms with Gasteiger partial charge in [0.1, 0.15) is 0 Å². The Labute approximate surface area is 190 Å². The summed E-state index contributed by atoms with van der Waals surface area (Å²) in [5.74, 6) is -0.216. The third-order valence-corrected chi connectivity index (χ3v) is 6.54. The van der Waals surface area contributed by atoms with Crippen LogP contribution in [0.2, 0.25) is 5.02 Å². The highest BCUT2D eigenvalue weighted by molar-refractivity contribution is 6.33. The zero-order chi connectivity index (χ0) is 22.2. The van der Waals surface area contributed by atoms with Crippen LogP contribution in [0.4, 0.5) is 16.2 Å². The van der Waals surface area contributed by atoms with Gasteiger partial charge >= 0.3 is 6.03 Å². The van der Waals surface area contributed by atoms with Gasteiger partial charge in [0.2, 0.25) is 0 Å². The number of likely N-dealkylation sites (tertiary alicyclic amines) is 1. The molecule has 3 heterocycles. The van der Waals surface area contributed by atoms with Crippen LogP contribution in [0.1, 0.15) is 21.8 Å². The van der Waals surface area contributed by atoms with Gasteiger partial charge in [-0.05, 0) is 35.9 Å². The quantitative estimate of drug-likeness (QED) is 0.639. The van der Waals surface area contributed by atoms with E-state index in [1.807, 2.05) is 24.3 Å². The lowest BCUT2D eigenvalue weighted by molar-refractivity contribution is -0.00265. The molecule has 3 atom stereocenters. The molecule has 0 bridgehead atoms. The fourth-order valence-electron chi connectivity index (χ4n) is 4.75. The van der Waals surface area contributed by atoms with Crippen LogP contribution in [0.3, 0.4) is 0 Å². The highest BCUT2D eigenvalue weighted by atomic mass is 35.5. The monoisotopic (exact) mass is 448 g/mol. The van der Waals surface area contributed by atoms with Crippen LogP contribution in [0.15, 0.2) is 73.1 Å². The number of anilines is 2. The van der Waals surface area contributed by atoms with Gasteiger partial charge in [-0.3, -0.25) is 9.78 Å². The number of amides is 3. The number of pyridine rings is 1. The molecule has 1 saturated heterocycles. The number of carbonyl (C=O) groups excluding carboxylic acids is 2. The van der Waals surface area contributed by atoms with Crippen molar-refractivity contribution < 1.29 is 14.7 Å². The predicted molar refractivity (Wildman–Crippen MR) is 122 cm³/mol. The van der Waals surface area contributed by atoms with E-state index in [1.165, 1.54) is 0 Å². The van der Waals surface area contributed by atoms with Crippen molar-refractivity contribution in [3.63, 3.8) is 0 Å². The third kappa shape index (κ3) is 3.30. The number of nitrogens with one attached hydrogen (secondary N) is 1. The highest BCUT2D eigenvalue weighted by Gasteiger charge is 2.55. The lowest BCUT2D eigenvalue weighted by atomic mass is 9.72. The van der Waals surface area contributed by atoms with Crippen molar-refractivity contribution in [2.45, 2.75) is 18.0 Å². The van der Waals surface area contributed by atoms with Gasteiger partial charge in [0.05, 0.1) is 29.4 Å². The van der Waals surface area contributed by atoms with Gasteiger partial charge in [0.15, 0.2) is 0 Å². The van der Waals surface area contributed by atoms with Crippen LogP contribution in [-0.4, -0.2) is 52.2 Å². The predicted octanol–water partition coefficient (Wildman–Crippen LogP) is 3.76. The number of aliphatic hydroxyl groups excluding tert-OH is 1. The molecule has 1 fully saturated rings. The second-order valence-corrected chi connectivity index (χ2v) is 8.28. The van der Waals surface area contributed by atoms with Crippen LogP contribution < -0.4 is 10.2 Å². The number of aromatic nitrogens is 1. The van der Waals surface area contributed by atoms with E-state index in [0.717, 1.165) is 11.3 Å². The van der Waals surface area contributed by atoms with Crippen LogP contribution in [0, 0.1) is 0 Å². The Hall–Kier alpha value is -3.42. The number of fused-ring (bicyclic) bond motifs is 3. The molecule has 0 radical (unpaired) electrons. The molecule has 32 heavy (non-hydrogen) atoms. The van der Waals surface area contributed by atoms with Crippen molar-refractivity contribution >= 4 is 34.9 Å². The van der Waals surface area contributed by atoms with E-state index < -0.39 is 0 Å². The minimum atomic E-state index is -0.387. The Bertz CT molecular complexity index is 1170. The normalized spacial score (nSPS) is 21.2. The summed E-state index contributed by atoms with van der Waals surface area (Å²) in [6, 6.07) is 17.0. The molecule has 3 amide bonds. The van der Waals surface area contributed by atoms with Gasteiger partial charge < -0.3 is 20.2 Å². The minimum Gasteiger partial charge on any atom is -0.394 e. The number of carbonyl (C=O) groups is 2. The molecule has 0 unspecified atom stereocenters. The van der Waals surface area contributed by atoms with E-state index in [4.69, 9.17) is 11.6 Å². The lowest BCUT2D eigenvalue weighted by Gasteiger charge is -2.58. The highest BCUT2D eigenvalue weighted by Crippen LogP contribution is 2.48. The summed E-state index contributed by atoms with van der Waals surface area (Å²) in [6.45, 7) is 0.152. The van der Waals surface area contributed by atoms with Crippen molar-refractivity contribution in [3.8, 4) is 0 Å². The molecule has 5 rings (SSSR count). The van der Waals surface area contributed by atoms with Gasteiger partial charge in [-0.1, -0.05) is 41.9 Å². The number of hydrogen-bond donors (Lipinski definition) is 2. The number of hydrogen-bond acceptors (Lipinski definition) is 4. The Balaban J connectivity index is 1.48. The van der Waals surface area contributed by atoms with E-state index in [9.17, 15) is 14.7 Å². The first kappa shape index (κ1) is 20.5. The summed E-state index contributed by atoms with van der Waals surface area (Å²) < 4.78 is 0. The molecule has 2 N–H and O–H groups in total. The van der Waals surface area contributed by atoms with Crippen molar-refractivity contribution in [3.05, 3.63) is 89.2 Å². The number of aliphatic hydroxyl groups is 1. The molecule has 162 valence electrons. The second kappa shape index (κ2) is 8.26. The number of halogens is 1. The Morgan fingerprint density at radius 3 is 2.53 bits per heavy atom. The van der Waals surface area contributed by atoms with Crippen molar-refractivity contribution in [2.24, 2.45) is 0 Å². The van der Waals surface area contributed by atoms with Crippen LogP contribution in [0.5, 0.6) is 0 Å². The third-order valence-electron chi connectivity index (χ3n) is 6.21. The molecule has 8 heteroatoms. The number of rotatable bonds is 3. The maximum atomic E-state index is 13.3. The SMILES string of the molecule is O=C(c1ccncc1)N1C[C@H]2[C@@H](c3ccccc31)[C@H](CO)N2C(=O)Nc1ccccc1Cl. The standard InChI is InChI=1S/C24H21ClN4O3/c25-17-6-2-3-7-18(17)27-24(32)29-20-13-28(23(31)15-9-11-26-12-10-15)19-8-4-1-5-16(19)22(20)21(29)14-30/h1-12,20-22,30H,13-14H2,(H,27,32)/t20-,21-,22+/m0/s1. The molecular weight excluding hydrogens is 428 g/mol. The average Bonchev–Trinajstić information content (AvgIpc) is 2.81. The maximum Gasteiger partial charge on any atom is 0.322 e. The fraction of sp³-hybridized carbons (Fsp3) is 0.208. The van der Waals surface area contributed by atoms with Crippen LogP contribution in [-0.2, 0) is 0 Å². The first-order valence-electron chi connectivity index (χ1n) is 10.4. The molecule has 0 spiro atoms. The lowest BCUT2D eigenvalue weighted by Crippen LogP contribution is -2.71.